The average molecular weight is 541 g/mol. The van der Waals surface area contributed by atoms with Crippen LogP contribution in [0.5, 0.6) is 0 Å². The van der Waals surface area contributed by atoms with Crippen LogP contribution in [-0.4, -0.2) is 208 Å². The Morgan fingerprint density at radius 1 is 0.750 bits per heavy atom. The Balaban J connectivity index is -0.00000000917. The molecule has 0 aromatic rings. The smallest absolute Gasteiger partial charge is 1.00 e. The number of rotatable bonds is 0. The molecule has 0 spiro atoms. The number of carbonyl (C=O) groups is 4. The first-order chi connectivity index (χ1) is 5.43. The van der Waals surface area contributed by atoms with Crippen LogP contribution >= 0.6 is 0 Å². The molecule has 16 heavy (non-hydrogen) atoms. The average Bonchev–Trinajstić information content (AvgIpc) is 1.84. The molecule has 0 aliphatic carbocycles. The summed E-state index contributed by atoms with van der Waals surface area (Å²) in [7, 11) is 0. The molecule has 82 valence electrons. The molecule has 0 rings (SSSR count). The second-order valence-electron chi connectivity index (χ2n) is 1.31. The molecule has 0 bridgehead atoms. The van der Waals surface area contributed by atoms with Gasteiger partial charge in [-0.15, -0.1) is 0 Å². The molecule has 0 saturated heterocycles. The van der Waals surface area contributed by atoms with Gasteiger partial charge in [0.25, 0.3) is 0 Å². The fourth-order valence-corrected chi connectivity index (χ4v) is 0.242. The molecular formula is C4H10Ba2Ca2O8. The predicted octanol–water partition coefficient (Wildman–Crippen LogP) is -1.19. The van der Waals surface area contributed by atoms with Crippen molar-refractivity contribution in [2.24, 2.45) is 0 Å². The minimum absolute atomic E-state index is 0. The van der Waals surface area contributed by atoms with Gasteiger partial charge in [0.1, 0.15) is 0 Å². The van der Waals surface area contributed by atoms with Gasteiger partial charge in [0.2, 0.25) is 0 Å². The van der Waals surface area contributed by atoms with Crippen molar-refractivity contribution in [2.45, 2.75) is 0 Å². The van der Waals surface area contributed by atoms with Crippen molar-refractivity contribution in [2.75, 3.05) is 0 Å². The van der Waals surface area contributed by atoms with Crippen molar-refractivity contribution in [3.8, 4) is 0 Å². The monoisotopic (exact) mass is 542 g/mol. The van der Waals surface area contributed by atoms with Gasteiger partial charge in [-0.25, -0.2) is 19.2 Å². The molecule has 12 heteroatoms. The van der Waals surface area contributed by atoms with Crippen LogP contribution in [0.15, 0.2) is 0 Å². The second-order valence-corrected chi connectivity index (χ2v) is 1.31. The van der Waals surface area contributed by atoms with Crippen molar-refractivity contribution in [3.63, 3.8) is 0 Å². The summed E-state index contributed by atoms with van der Waals surface area (Å²) in [5.74, 6) is -3.82. The zero-order valence-corrected chi connectivity index (χ0v) is 21.5. The van der Waals surface area contributed by atoms with E-state index in [-0.39, 0.29) is 185 Å². The Morgan fingerprint density at radius 3 is 1.06 bits per heavy atom. The normalized spacial score (nSPS) is 6.25. The van der Waals surface area contributed by atoms with Crippen LogP contribution in [0.2, 0.25) is 0 Å². The molecule has 2 N–H and O–H groups in total. The Kier molecular flexibility index (Phi) is 36.8. The third kappa shape index (κ3) is 19.9. The second kappa shape index (κ2) is 18.5. The summed E-state index contributed by atoms with van der Waals surface area (Å²) in [6.07, 6.45) is -4.05. The largest absolute Gasteiger partial charge is 2.00 e. The first-order valence-corrected chi connectivity index (χ1v) is 2.33. The molecule has 8 nitrogen and oxygen atoms in total. The number of carbonyl (C=O) groups excluding carboxylic acids is 2. The summed E-state index contributed by atoms with van der Waals surface area (Å²) in [6.45, 7) is 0. The van der Waals surface area contributed by atoms with E-state index in [0.717, 1.165) is 0 Å². The van der Waals surface area contributed by atoms with Crippen molar-refractivity contribution in [1.82, 2.24) is 0 Å². The van der Waals surface area contributed by atoms with Crippen LogP contribution in [0.1, 0.15) is 11.4 Å². The molecule has 0 fully saturated rings. The van der Waals surface area contributed by atoms with E-state index in [1.165, 1.54) is 0 Å². The molecule has 0 saturated carbocycles. The molecular weight excluding hydrogens is 531 g/mol. The molecule has 0 amide bonds. The van der Waals surface area contributed by atoms with Crippen LogP contribution in [0.4, 0.5) is 9.59 Å². The third-order valence-electron chi connectivity index (χ3n) is 0.527. The number of carboxylic acid groups (broad SMARTS) is 2. The van der Waals surface area contributed by atoms with Crippen LogP contribution in [0.25, 0.3) is 0 Å². The Labute approximate surface area is 242 Å². The molecule has 0 atom stereocenters. The fourth-order valence-electron chi connectivity index (χ4n) is 0.242. The maximum atomic E-state index is 10.1. The Hall–Kier alpha value is 3.54. The molecule has 0 aromatic heterocycles. The first-order valence-electron chi connectivity index (χ1n) is 2.33. The minimum atomic E-state index is -2.03. The Bertz CT molecular complexity index is 252. The summed E-state index contributed by atoms with van der Waals surface area (Å²) >= 11 is 0. The quantitative estimate of drug-likeness (QED) is 0.170. The first kappa shape index (κ1) is 31.8. The summed E-state index contributed by atoms with van der Waals surface area (Å²) in [4.78, 5) is 39.5. The van der Waals surface area contributed by atoms with E-state index < -0.39 is 24.2 Å². The van der Waals surface area contributed by atoms with Gasteiger partial charge < -0.3 is 31.1 Å². The van der Waals surface area contributed by atoms with Gasteiger partial charge in [-0.2, -0.15) is 0 Å². The van der Waals surface area contributed by atoms with E-state index in [4.69, 9.17) is 10.2 Å². The molecule has 0 radical (unpaired) electrons. The van der Waals surface area contributed by atoms with Gasteiger partial charge in [-0.1, -0.05) is 0 Å². The van der Waals surface area contributed by atoms with E-state index in [2.05, 4.69) is 9.47 Å². The van der Waals surface area contributed by atoms with E-state index in [1.54, 1.807) is 0 Å². The zero-order chi connectivity index (χ0) is 9.72. The number of ether oxygens (including phenoxy) is 2. The minimum Gasteiger partial charge on any atom is -1.00 e. The predicted molar refractivity (Wildman–Crippen MR) is 60.1 cm³/mol. The summed E-state index contributed by atoms with van der Waals surface area (Å²) < 4.78 is 6.51. The van der Waals surface area contributed by atoms with Gasteiger partial charge >= 0.3 is 197 Å². The number of hydrogen-bond donors (Lipinski definition) is 2. The summed E-state index contributed by atoms with van der Waals surface area (Å²) in [5, 5.41) is 15.5. The van der Waals surface area contributed by atoms with Gasteiger partial charge in [0.05, 0.1) is 0 Å². The fraction of sp³-hybridized carbons (Fsp3) is 0. The van der Waals surface area contributed by atoms with Crippen molar-refractivity contribution in [3.05, 3.63) is 0 Å². The zero-order valence-electron chi connectivity index (χ0n) is 16.2. The van der Waals surface area contributed by atoms with Crippen molar-refractivity contribution in [1.29, 1.82) is 0 Å². The SMILES string of the molecule is O=C(O)OC(=O)C(=O)OC(=O)O.[Ba+2].[Ba+2].[Ca+2].[Ca+2].[H-].[H-].[H-].[H-].[H-].[H-].[H-].[H-]. The van der Waals surface area contributed by atoms with E-state index in [0.29, 0.717) is 0 Å². The maximum Gasteiger partial charge on any atom is 2.00 e. The van der Waals surface area contributed by atoms with Gasteiger partial charge in [-0.3, -0.25) is 0 Å². The number of hydrogen-bond acceptors (Lipinski definition) is 6. The third-order valence-corrected chi connectivity index (χ3v) is 0.527. The van der Waals surface area contributed by atoms with Crippen LogP contribution in [-0.2, 0) is 19.1 Å². The molecule has 0 heterocycles. The van der Waals surface area contributed by atoms with Crippen LogP contribution in [0.3, 0.4) is 0 Å². The van der Waals surface area contributed by atoms with E-state index in [9.17, 15) is 19.2 Å². The van der Waals surface area contributed by atoms with Crippen molar-refractivity contribution < 1.29 is 50.3 Å². The molecule has 0 aliphatic rings. The summed E-state index contributed by atoms with van der Waals surface area (Å²) in [6, 6.07) is 0. The molecule has 0 unspecified atom stereocenters. The Morgan fingerprint density at radius 2 is 0.938 bits per heavy atom. The van der Waals surface area contributed by atoms with Crippen molar-refractivity contribution >= 4 is 197 Å². The summed E-state index contributed by atoms with van der Waals surface area (Å²) in [5.41, 5.74) is 0. The standard InChI is InChI=1S/C4H2O8.2Ba.2Ca.8H/c5-1(11-3(7)8)2(6)12-4(9)10;;;;;;;;;;;;/h(H,7,8)(H,9,10);;;;;;;;;;;;/q;4*+2;8*-1. The van der Waals surface area contributed by atoms with E-state index in [1.807, 2.05) is 0 Å². The van der Waals surface area contributed by atoms with E-state index >= 15 is 0 Å². The van der Waals surface area contributed by atoms with Crippen LogP contribution < -0.4 is 0 Å². The van der Waals surface area contributed by atoms with Gasteiger partial charge in [-0.05, 0) is 0 Å². The van der Waals surface area contributed by atoms with Crippen LogP contribution in [0, 0.1) is 0 Å². The maximum absolute atomic E-state index is 10.1. The molecule has 0 aromatic carbocycles. The molecule has 0 aliphatic heterocycles. The van der Waals surface area contributed by atoms with Gasteiger partial charge in [0, 0.05) is 0 Å². The number of esters is 2. The topological polar surface area (TPSA) is 127 Å². The van der Waals surface area contributed by atoms with Gasteiger partial charge in [0.15, 0.2) is 0 Å².